The van der Waals surface area contributed by atoms with Gasteiger partial charge in [-0.1, -0.05) is 0 Å². The van der Waals surface area contributed by atoms with Gasteiger partial charge in [-0.3, -0.25) is 0 Å². The van der Waals surface area contributed by atoms with Crippen LogP contribution in [0.3, 0.4) is 0 Å². The maximum atomic E-state index is 11.3. The lowest BCUT2D eigenvalue weighted by Gasteiger charge is -2.12. The Kier molecular flexibility index (Phi) is 3.98. The third-order valence-electron chi connectivity index (χ3n) is 2.65. The van der Waals surface area contributed by atoms with E-state index >= 15 is 0 Å². The first-order valence-corrected chi connectivity index (χ1v) is 6.48. The Morgan fingerprint density at radius 2 is 2.00 bits per heavy atom. The van der Waals surface area contributed by atoms with Crippen LogP contribution in [0.5, 0.6) is 11.5 Å². The van der Waals surface area contributed by atoms with Crippen LogP contribution >= 0.6 is 22.6 Å². The molecule has 0 unspecified atom stereocenters. The van der Waals surface area contributed by atoms with Gasteiger partial charge >= 0.3 is 5.97 Å². The summed E-state index contributed by atoms with van der Waals surface area (Å²) in [4.78, 5) is 11.3. The molecular weight excluding hydrogens is 361 g/mol. The van der Waals surface area contributed by atoms with E-state index in [9.17, 15) is 9.90 Å². The molecule has 0 saturated heterocycles. The second-order valence-corrected chi connectivity index (χ2v) is 5.00. The average Bonchev–Trinajstić information content (AvgIpc) is 2.80. The molecule has 100 valence electrons. The predicted octanol–water partition coefficient (Wildman–Crippen LogP) is 2.80. The number of nitrogens with zero attached hydrogens (tertiary/aromatic N) is 1. The molecule has 2 aromatic rings. The molecule has 0 spiro atoms. The first-order chi connectivity index (χ1) is 9.06. The summed E-state index contributed by atoms with van der Waals surface area (Å²) in [6.07, 6.45) is 1.74. The smallest absolute Gasteiger partial charge is 0.352 e. The fourth-order valence-electron chi connectivity index (χ4n) is 1.78. The van der Waals surface area contributed by atoms with Crippen molar-refractivity contribution in [2.75, 3.05) is 14.2 Å². The normalized spacial score (nSPS) is 10.3. The third kappa shape index (κ3) is 2.67. The Bertz CT molecular complexity index is 621. The number of carbonyl (C=O) groups is 1. The molecule has 0 aliphatic rings. The highest BCUT2D eigenvalue weighted by Crippen LogP contribution is 2.29. The number of aromatic nitrogens is 1. The van der Waals surface area contributed by atoms with Crippen LogP contribution in [-0.4, -0.2) is 29.9 Å². The zero-order valence-corrected chi connectivity index (χ0v) is 12.5. The minimum absolute atomic E-state index is 0.177. The minimum Gasteiger partial charge on any atom is -0.497 e. The molecule has 2 rings (SSSR count). The Balaban J connectivity index is 2.66. The Labute approximate surface area is 123 Å². The second kappa shape index (κ2) is 5.52. The summed E-state index contributed by atoms with van der Waals surface area (Å²) in [6.45, 7) is 0. The highest BCUT2D eigenvalue weighted by molar-refractivity contribution is 14.1. The predicted molar refractivity (Wildman–Crippen MR) is 78.5 cm³/mol. The fourth-order valence-corrected chi connectivity index (χ4v) is 2.35. The van der Waals surface area contributed by atoms with E-state index < -0.39 is 5.97 Å². The number of halogens is 1. The zero-order chi connectivity index (χ0) is 14.0. The fraction of sp³-hybridized carbons (Fsp3) is 0.154. The summed E-state index contributed by atoms with van der Waals surface area (Å²) in [5.74, 6) is 0.221. The maximum absolute atomic E-state index is 11.3. The molecule has 0 fully saturated rings. The number of methoxy groups -OCH3 is 2. The molecule has 1 N–H and O–H groups in total. The largest absolute Gasteiger partial charge is 0.497 e. The molecule has 0 radical (unpaired) electrons. The molecule has 0 aliphatic carbocycles. The second-order valence-electron chi connectivity index (χ2n) is 3.76. The number of benzene rings is 1. The summed E-state index contributed by atoms with van der Waals surface area (Å²) in [7, 11) is 3.10. The van der Waals surface area contributed by atoms with E-state index in [2.05, 4.69) is 22.6 Å². The van der Waals surface area contributed by atoms with Crippen LogP contribution in [0.2, 0.25) is 0 Å². The highest BCUT2D eigenvalue weighted by atomic mass is 127. The molecule has 0 atom stereocenters. The monoisotopic (exact) mass is 373 g/mol. The van der Waals surface area contributed by atoms with Gasteiger partial charge < -0.3 is 19.1 Å². The van der Waals surface area contributed by atoms with Crippen molar-refractivity contribution in [3.63, 3.8) is 0 Å². The van der Waals surface area contributed by atoms with E-state index in [1.54, 1.807) is 49.2 Å². The van der Waals surface area contributed by atoms with Crippen LogP contribution in [0.15, 0.2) is 30.5 Å². The van der Waals surface area contributed by atoms with Gasteiger partial charge in [0.2, 0.25) is 0 Å². The Hall–Kier alpha value is -1.70. The summed E-state index contributed by atoms with van der Waals surface area (Å²) < 4.78 is 12.8. The van der Waals surface area contributed by atoms with E-state index in [0.717, 1.165) is 3.57 Å². The van der Waals surface area contributed by atoms with Gasteiger partial charge in [-0.2, -0.15) is 0 Å². The molecule has 19 heavy (non-hydrogen) atoms. The summed E-state index contributed by atoms with van der Waals surface area (Å²) >= 11 is 2.07. The van der Waals surface area contributed by atoms with E-state index in [0.29, 0.717) is 17.2 Å². The van der Waals surface area contributed by atoms with Gasteiger partial charge in [0.05, 0.1) is 19.9 Å². The van der Waals surface area contributed by atoms with Gasteiger partial charge in [0.25, 0.3) is 0 Å². The minimum atomic E-state index is -0.993. The first kappa shape index (κ1) is 13.7. The lowest BCUT2D eigenvalue weighted by Crippen LogP contribution is -2.07. The van der Waals surface area contributed by atoms with E-state index in [-0.39, 0.29) is 5.69 Å². The van der Waals surface area contributed by atoms with Crippen molar-refractivity contribution < 1.29 is 19.4 Å². The molecule has 0 amide bonds. The third-order valence-corrected chi connectivity index (χ3v) is 3.24. The van der Waals surface area contributed by atoms with Gasteiger partial charge in [-0.25, -0.2) is 4.79 Å². The van der Waals surface area contributed by atoms with E-state index in [4.69, 9.17) is 9.47 Å². The van der Waals surface area contributed by atoms with E-state index in [1.807, 2.05) is 0 Å². The topological polar surface area (TPSA) is 60.7 Å². The molecule has 1 aromatic heterocycles. The van der Waals surface area contributed by atoms with Gasteiger partial charge in [-0.05, 0) is 40.8 Å². The van der Waals surface area contributed by atoms with Crippen LogP contribution in [0.1, 0.15) is 10.5 Å². The van der Waals surface area contributed by atoms with Crippen LogP contribution in [0, 0.1) is 3.57 Å². The average molecular weight is 373 g/mol. The number of hydrogen-bond donors (Lipinski definition) is 1. The van der Waals surface area contributed by atoms with Crippen molar-refractivity contribution in [1.29, 1.82) is 0 Å². The van der Waals surface area contributed by atoms with Gasteiger partial charge in [0, 0.05) is 15.8 Å². The molecular formula is C13H12INO4. The van der Waals surface area contributed by atoms with Crippen LogP contribution < -0.4 is 9.47 Å². The SMILES string of the molecule is COc1ccc(OC)c(-n2cc(I)cc2C(=O)O)c1. The van der Waals surface area contributed by atoms with Gasteiger partial charge in [0.15, 0.2) is 0 Å². The van der Waals surface area contributed by atoms with Crippen molar-refractivity contribution in [1.82, 2.24) is 4.57 Å². The summed E-state index contributed by atoms with van der Waals surface area (Å²) in [6, 6.07) is 6.84. The first-order valence-electron chi connectivity index (χ1n) is 5.40. The number of rotatable bonds is 4. The lowest BCUT2D eigenvalue weighted by atomic mass is 10.2. The number of ether oxygens (including phenoxy) is 2. The molecule has 0 saturated carbocycles. The van der Waals surface area contributed by atoms with Crippen molar-refractivity contribution in [3.05, 3.63) is 39.7 Å². The van der Waals surface area contributed by atoms with E-state index in [1.165, 1.54) is 0 Å². The Morgan fingerprint density at radius 3 is 2.58 bits per heavy atom. The summed E-state index contributed by atoms with van der Waals surface area (Å²) in [5, 5.41) is 9.23. The quantitative estimate of drug-likeness (QED) is 0.838. The Morgan fingerprint density at radius 1 is 1.26 bits per heavy atom. The van der Waals surface area contributed by atoms with Crippen molar-refractivity contribution in [3.8, 4) is 17.2 Å². The molecule has 1 heterocycles. The van der Waals surface area contributed by atoms with Gasteiger partial charge in [-0.15, -0.1) is 0 Å². The highest BCUT2D eigenvalue weighted by Gasteiger charge is 2.16. The standard InChI is InChI=1S/C13H12INO4/c1-18-9-3-4-12(19-2)10(6-9)15-7-8(14)5-11(15)13(16)17/h3-7H,1-2H3,(H,16,17). The maximum Gasteiger partial charge on any atom is 0.352 e. The molecule has 1 aromatic carbocycles. The molecule has 6 heteroatoms. The van der Waals surface area contributed by atoms with Crippen molar-refractivity contribution in [2.24, 2.45) is 0 Å². The lowest BCUT2D eigenvalue weighted by molar-refractivity contribution is 0.0688. The number of hydrogen-bond acceptors (Lipinski definition) is 3. The van der Waals surface area contributed by atoms with Crippen LogP contribution in [0.4, 0.5) is 0 Å². The number of aromatic carboxylic acids is 1. The zero-order valence-electron chi connectivity index (χ0n) is 10.4. The number of carboxylic acids is 1. The molecule has 0 bridgehead atoms. The van der Waals surface area contributed by atoms with Crippen LogP contribution in [-0.2, 0) is 0 Å². The van der Waals surface area contributed by atoms with Crippen molar-refractivity contribution in [2.45, 2.75) is 0 Å². The summed E-state index contributed by atoms with van der Waals surface area (Å²) in [5.41, 5.74) is 0.804. The molecule has 5 nitrogen and oxygen atoms in total. The van der Waals surface area contributed by atoms with Gasteiger partial charge in [0.1, 0.15) is 17.2 Å². The molecule has 0 aliphatic heterocycles. The van der Waals surface area contributed by atoms with Crippen molar-refractivity contribution >= 4 is 28.6 Å². The number of carboxylic acid groups (broad SMARTS) is 1. The van der Waals surface area contributed by atoms with Crippen LogP contribution in [0.25, 0.3) is 5.69 Å².